The molecule has 0 saturated heterocycles. The summed E-state index contributed by atoms with van der Waals surface area (Å²) in [5.41, 5.74) is 2.48. The zero-order chi connectivity index (χ0) is 15.3. The van der Waals surface area contributed by atoms with Crippen molar-refractivity contribution >= 4 is 10.0 Å². The van der Waals surface area contributed by atoms with E-state index in [2.05, 4.69) is 20.0 Å². The van der Waals surface area contributed by atoms with Crippen molar-refractivity contribution < 1.29 is 8.42 Å². The Morgan fingerprint density at radius 2 is 2.10 bits per heavy atom. The Kier molecular flexibility index (Phi) is 5.11. The molecule has 0 amide bonds. The Hall–Kier alpha value is -1.70. The quantitative estimate of drug-likeness (QED) is 0.716. The summed E-state index contributed by atoms with van der Waals surface area (Å²) in [5, 5.41) is 3.03. The van der Waals surface area contributed by atoms with E-state index in [1.54, 1.807) is 12.3 Å². The van der Waals surface area contributed by atoms with E-state index < -0.39 is 10.0 Å². The van der Waals surface area contributed by atoms with Gasteiger partial charge in [0.05, 0.1) is 17.8 Å². The summed E-state index contributed by atoms with van der Waals surface area (Å²) in [5.74, 6) is 0. The summed E-state index contributed by atoms with van der Waals surface area (Å²) in [6.07, 6.45) is 3.79. The molecule has 3 N–H and O–H groups in total. The molecule has 114 valence electrons. The summed E-state index contributed by atoms with van der Waals surface area (Å²) in [6.45, 7) is 2.77. The van der Waals surface area contributed by atoms with E-state index in [1.165, 1.54) is 6.33 Å². The molecule has 0 atom stereocenters. The van der Waals surface area contributed by atoms with Gasteiger partial charge >= 0.3 is 0 Å². The lowest BCUT2D eigenvalue weighted by atomic mass is 10.1. The first-order valence-corrected chi connectivity index (χ1v) is 8.28. The maximum Gasteiger partial charge on any atom is 0.241 e. The number of nitrogens with one attached hydrogen (secondary N) is 3. The lowest BCUT2D eigenvalue weighted by molar-refractivity contribution is 0.579. The minimum atomic E-state index is -3.55. The second kappa shape index (κ2) is 6.84. The second-order valence-corrected chi connectivity index (χ2v) is 6.46. The van der Waals surface area contributed by atoms with Crippen molar-refractivity contribution in [2.45, 2.75) is 31.3 Å². The van der Waals surface area contributed by atoms with Crippen LogP contribution in [0.5, 0.6) is 0 Å². The van der Waals surface area contributed by atoms with Crippen LogP contribution in [0.2, 0.25) is 0 Å². The van der Waals surface area contributed by atoms with Gasteiger partial charge < -0.3 is 10.3 Å². The fourth-order valence-corrected chi connectivity index (χ4v) is 3.45. The predicted octanol–water partition coefficient (Wildman–Crippen LogP) is 1.17. The van der Waals surface area contributed by atoms with Gasteiger partial charge in [-0.05, 0) is 30.7 Å². The lowest BCUT2D eigenvalue weighted by Crippen LogP contribution is -2.25. The van der Waals surface area contributed by atoms with Crippen LogP contribution in [0.1, 0.15) is 23.7 Å². The monoisotopic (exact) mass is 308 g/mol. The number of sulfonamides is 1. The first kappa shape index (κ1) is 15.7. The molecule has 0 unspecified atom stereocenters. The first-order valence-electron chi connectivity index (χ1n) is 6.80. The van der Waals surface area contributed by atoms with Crippen LogP contribution in [-0.2, 0) is 29.5 Å². The smallest absolute Gasteiger partial charge is 0.241 e. The van der Waals surface area contributed by atoms with Gasteiger partial charge in [-0.15, -0.1) is 0 Å². The van der Waals surface area contributed by atoms with Crippen molar-refractivity contribution in [3.63, 3.8) is 0 Å². The number of rotatable bonds is 7. The van der Waals surface area contributed by atoms with Crippen molar-refractivity contribution in [3.8, 4) is 0 Å². The molecule has 0 aliphatic heterocycles. The molecule has 1 aromatic carbocycles. The Morgan fingerprint density at radius 3 is 2.71 bits per heavy atom. The van der Waals surface area contributed by atoms with E-state index in [4.69, 9.17) is 0 Å². The Labute approximate surface area is 125 Å². The molecule has 21 heavy (non-hydrogen) atoms. The molecule has 0 radical (unpaired) electrons. The van der Waals surface area contributed by atoms with Crippen LogP contribution in [0.15, 0.2) is 35.6 Å². The molecule has 1 heterocycles. The van der Waals surface area contributed by atoms with Gasteiger partial charge in [0.1, 0.15) is 0 Å². The van der Waals surface area contributed by atoms with Crippen LogP contribution in [0.3, 0.4) is 0 Å². The highest BCUT2D eigenvalue weighted by molar-refractivity contribution is 7.89. The van der Waals surface area contributed by atoms with Crippen LogP contribution >= 0.6 is 0 Å². The number of hydrogen-bond acceptors (Lipinski definition) is 4. The molecule has 0 spiro atoms. The van der Waals surface area contributed by atoms with Crippen molar-refractivity contribution in [1.82, 2.24) is 20.0 Å². The number of aryl methyl sites for hydroxylation is 1. The first-order chi connectivity index (χ1) is 10.1. The maximum absolute atomic E-state index is 12.5. The molecular weight excluding hydrogens is 288 g/mol. The summed E-state index contributed by atoms with van der Waals surface area (Å²) in [4.78, 5) is 7.09. The minimum absolute atomic E-state index is 0.196. The van der Waals surface area contributed by atoms with E-state index in [0.29, 0.717) is 17.9 Å². The Morgan fingerprint density at radius 1 is 1.29 bits per heavy atom. The number of H-pyrrole nitrogens is 1. The molecular formula is C14H20N4O2S. The number of benzene rings is 1. The molecule has 2 rings (SSSR count). The van der Waals surface area contributed by atoms with Crippen molar-refractivity contribution in [3.05, 3.63) is 47.5 Å². The van der Waals surface area contributed by atoms with Crippen molar-refractivity contribution in [1.29, 1.82) is 0 Å². The van der Waals surface area contributed by atoms with E-state index in [1.807, 2.05) is 26.1 Å². The normalized spacial score (nSPS) is 11.7. The molecule has 0 bridgehead atoms. The molecule has 0 fully saturated rings. The molecule has 2 aromatic rings. The average molecular weight is 308 g/mol. The molecule has 0 saturated carbocycles. The standard InChI is InChI=1S/C14H20N4O2S/c1-3-12-5-4-11(7-15-2)6-14(12)21(19,20)18-9-13-8-16-10-17-13/h4-6,8,10,15,18H,3,7,9H2,1-2H3,(H,16,17). The van der Waals surface area contributed by atoms with E-state index >= 15 is 0 Å². The van der Waals surface area contributed by atoms with Crippen LogP contribution in [-0.4, -0.2) is 25.4 Å². The Bertz CT molecular complexity index is 681. The zero-order valence-electron chi connectivity index (χ0n) is 12.2. The van der Waals surface area contributed by atoms with E-state index in [0.717, 1.165) is 16.8 Å². The third-order valence-electron chi connectivity index (χ3n) is 3.19. The molecule has 7 heteroatoms. The van der Waals surface area contributed by atoms with Crippen LogP contribution < -0.4 is 10.0 Å². The molecule has 0 aliphatic rings. The van der Waals surface area contributed by atoms with Gasteiger partial charge in [0, 0.05) is 18.4 Å². The van der Waals surface area contributed by atoms with Crippen LogP contribution in [0.25, 0.3) is 0 Å². The minimum Gasteiger partial charge on any atom is -0.347 e. The van der Waals surface area contributed by atoms with E-state index in [9.17, 15) is 8.42 Å². The summed E-state index contributed by atoms with van der Waals surface area (Å²) < 4.78 is 27.6. The number of aromatic nitrogens is 2. The van der Waals surface area contributed by atoms with E-state index in [-0.39, 0.29) is 6.54 Å². The van der Waals surface area contributed by atoms with Crippen molar-refractivity contribution in [2.75, 3.05) is 7.05 Å². The third-order valence-corrected chi connectivity index (χ3v) is 4.67. The highest BCUT2D eigenvalue weighted by Crippen LogP contribution is 2.19. The number of aromatic amines is 1. The van der Waals surface area contributed by atoms with Gasteiger partial charge in [-0.1, -0.05) is 19.1 Å². The number of imidazole rings is 1. The molecule has 0 aliphatic carbocycles. The topological polar surface area (TPSA) is 86.9 Å². The van der Waals surface area contributed by atoms with Crippen LogP contribution in [0, 0.1) is 0 Å². The van der Waals surface area contributed by atoms with Gasteiger partial charge in [0.25, 0.3) is 0 Å². The SMILES string of the molecule is CCc1ccc(CNC)cc1S(=O)(=O)NCc1cnc[nH]1. The van der Waals surface area contributed by atoms with Gasteiger partial charge in [0.15, 0.2) is 0 Å². The van der Waals surface area contributed by atoms with Gasteiger partial charge in [-0.2, -0.15) is 0 Å². The third kappa shape index (κ3) is 3.90. The number of nitrogens with zero attached hydrogens (tertiary/aromatic N) is 1. The predicted molar refractivity (Wildman–Crippen MR) is 81.2 cm³/mol. The van der Waals surface area contributed by atoms with Crippen molar-refractivity contribution in [2.24, 2.45) is 0 Å². The largest absolute Gasteiger partial charge is 0.347 e. The lowest BCUT2D eigenvalue weighted by Gasteiger charge is -2.12. The summed E-state index contributed by atoms with van der Waals surface area (Å²) in [6, 6.07) is 5.55. The second-order valence-electron chi connectivity index (χ2n) is 4.73. The fourth-order valence-electron chi connectivity index (χ4n) is 2.09. The average Bonchev–Trinajstić information content (AvgIpc) is 2.99. The maximum atomic E-state index is 12.5. The highest BCUT2D eigenvalue weighted by atomic mass is 32.2. The molecule has 1 aromatic heterocycles. The highest BCUT2D eigenvalue weighted by Gasteiger charge is 2.18. The fraction of sp³-hybridized carbons (Fsp3) is 0.357. The summed E-state index contributed by atoms with van der Waals surface area (Å²) >= 11 is 0. The molecule has 6 nitrogen and oxygen atoms in total. The Balaban J connectivity index is 2.26. The van der Waals surface area contributed by atoms with Gasteiger partial charge in [0.2, 0.25) is 10.0 Å². The van der Waals surface area contributed by atoms with Crippen LogP contribution in [0.4, 0.5) is 0 Å². The summed E-state index contributed by atoms with van der Waals surface area (Å²) in [7, 11) is -1.71. The van der Waals surface area contributed by atoms with Gasteiger partial charge in [-0.25, -0.2) is 18.1 Å². The van der Waals surface area contributed by atoms with Gasteiger partial charge in [-0.3, -0.25) is 0 Å². The number of hydrogen-bond donors (Lipinski definition) is 3. The zero-order valence-corrected chi connectivity index (χ0v) is 13.0.